The molecule has 5 nitrogen and oxygen atoms in total. The molecule has 1 amide bonds. The van der Waals surface area contributed by atoms with E-state index in [1.807, 2.05) is 11.6 Å². The average molecular weight is 350 g/mol. The topological polar surface area (TPSA) is 60.1 Å². The van der Waals surface area contributed by atoms with Gasteiger partial charge in [0.2, 0.25) is 0 Å². The zero-order valence-electron chi connectivity index (χ0n) is 12.2. The Kier molecular flexibility index (Phi) is 4.41. The minimum atomic E-state index is -0.484. The van der Waals surface area contributed by atoms with Crippen molar-refractivity contribution in [1.82, 2.24) is 14.9 Å². The standard InChI is InChI=1S/C16H13Cl2N3O2/c1-21-7-6-19-15(21)14(10-4-5-11(17)12(18)9-10)20-16(22)13-3-2-8-23-13/h2-9,14H,1H3,(H,20,22). The molecule has 0 aliphatic heterocycles. The van der Waals surface area contributed by atoms with Gasteiger partial charge in [-0.1, -0.05) is 29.3 Å². The Bertz CT molecular complexity index is 828. The van der Waals surface area contributed by atoms with Crippen LogP contribution in [0, 0.1) is 0 Å². The molecule has 0 bridgehead atoms. The molecule has 0 radical (unpaired) electrons. The van der Waals surface area contributed by atoms with Crippen molar-refractivity contribution in [3.8, 4) is 0 Å². The third kappa shape index (κ3) is 3.25. The Balaban J connectivity index is 1.98. The van der Waals surface area contributed by atoms with Gasteiger partial charge in [0.25, 0.3) is 5.91 Å². The SMILES string of the molecule is Cn1ccnc1C(NC(=O)c1ccco1)c1ccc(Cl)c(Cl)c1. The summed E-state index contributed by atoms with van der Waals surface area (Å²) in [5, 5.41) is 3.77. The average Bonchev–Trinajstić information content (AvgIpc) is 3.19. The summed E-state index contributed by atoms with van der Waals surface area (Å²) in [5.74, 6) is 0.557. The molecule has 1 aromatic carbocycles. The van der Waals surface area contributed by atoms with Gasteiger partial charge in [-0.2, -0.15) is 0 Å². The van der Waals surface area contributed by atoms with Gasteiger partial charge in [0.1, 0.15) is 11.9 Å². The first-order valence-corrected chi connectivity index (χ1v) is 7.58. The number of imidazole rings is 1. The van der Waals surface area contributed by atoms with Crippen LogP contribution < -0.4 is 5.32 Å². The lowest BCUT2D eigenvalue weighted by Gasteiger charge is -2.19. The Labute approximate surface area is 142 Å². The minimum absolute atomic E-state index is 0.226. The molecule has 23 heavy (non-hydrogen) atoms. The highest BCUT2D eigenvalue weighted by atomic mass is 35.5. The van der Waals surface area contributed by atoms with Crippen molar-refractivity contribution < 1.29 is 9.21 Å². The lowest BCUT2D eigenvalue weighted by Crippen LogP contribution is -2.30. The number of rotatable bonds is 4. The molecule has 3 rings (SSSR count). The number of hydrogen-bond acceptors (Lipinski definition) is 3. The van der Waals surface area contributed by atoms with Gasteiger partial charge in [0, 0.05) is 19.4 Å². The van der Waals surface area contributed by atoms with E-state index in [2.05, 4.69) is 10.3 Å². The van der Waals surface area contributed by atoms with Gasteiger partial charge in [-0.25, -0.2) is 4.98 Å². The number of nitrogens with one attached hydrogen (secondary N) is 1. The van der Waals surface area contributed by atoms with Gasteiger partial charge in [0.05, 0.1) is 16.3 Å². The predicted octanol–water partition coefficient (Wildman–Crippen LogP) is 3.84. The molecule has 0 fully saturated rings. The second-order valence-electron chi connectivity index (χ2n) is 4.95. The highest BCUT2D eigenvalue weighted by Gasteiger charge is 2.23. The number of amides is 1. The van der Waals surface area contributed by atoms with Crippen LogP contribution >= 0.6 is 23.2 Å². The van der Waals surface area contributed by atoms with Crippen molar-refractivity contribution in [2.45, 2.75) is 6.04 Å². The summed E-state index contributed by atoms with van der Waals surface area (Å²) >= 11 is 12.1. The van der Waals surface area contributed by atoms with Gasteiger partial charge in [-0.15, -0.1) is 0 Å². The number of furan rings is 1. The first kappa shape index (κ1) is 15.6. The summed E-state index contributed by atoms with van der Waals surface area (Å²) in [6, 6.07) is 7.97. The van der Waals surface area contributed by atoms with Crippen molar-refractivity contribution in [2.24, 2.45) is 7.05 Å². The van der Waals surface area contributed by atoms with E-state index in [1.54, 1.807) is 42.7 Å². The predicted molar refractivity (Wildman–Crippen MR) is 87.7 cm³/mol. The van der Waals surface area contributed by atoms with E-state index in [0.717, 1.165) is 5.56 Å². The van der Waals surface area contributed by atoms with Gasteiger partial charge in [0.15, 0.2) is 5.76 Å². The molecule has 0 saturated heterocycles. The zero-order valence-corrected chi connectivity index (χ0v) is 13.7. The van der Waals surface area contributed by atoms with Crippen LogP contribution in [0.2, 0.25) is 10.0 Å². The molecular weight excluding hydrogens is 337 g/mol. The third-order valence-corrected chi connectivity index (χ3v) is 4.15. The van der Waals surface area contributed by atoms with Crippen LogP contribution in [-0.2, 0) is 7.05 Å². The van der Waals surface area contributed by atoms with E-state index in [9.17, 15) is 4.79 Å². The zero-order chi connectivity index (χ0) is 16.4. The van der Waals surface area contributed by atoms with Crippen molar-refractivity contribution in [3.63, 3.8) is 0 Å². The molecule has 118 valence electrons. The first-order valence-electron chi connectivity index (χ1n) is 6.83. The second-order valence-corrected chi connectivity index (χ2v) is 5.77. The van der Waals surface area contributed by atoms with Crippen molar-refractivity contribution in [2.75, 3.05) is 0 Å². The number of aryl methyl sites for hydroxylation is 1. The molecule has 0 saturated carbocycles. The van der Waals surface area contributed by atoms with E-state index >= 15 is 0 Å². The summed E-state index contributed by atoms with van der Waals surface area (Å²) < 4.78 is 6.97. The number of hydrogen-bond donors (Lipinski definition) is 1. The Morgan fingerprint density at radius 2 is 2.13 bits per heavy atom. The number of carbonyl (C=O) groups is 1. The fraction of sp³-hybridized carbons (Fsp3) is 0.125. The van der Waals surface area contributed by atoms with Crippen LogP contribution in [0.1, 0.15) is 28.0 Å². The number of nitrogens with zero attached hydrogens (tertiary/aromatic N) is 2. The molecule has 2 aromatic heterocycles. The molecule has 0 aliphatic carbocycles. The van der Waals surface area contributed by atoms with Crippen molar-refractivity contribution in [1.29, 1.82) is 0 Å². The molecule has 0 spiro atoms. The van der Waals surface area contributed by atoms with Crippen LogP contribution in [0.15, 0.2) is 53.4 Å². The highest BCUT2D eigenvalue weighted by molar-refractivity contribution is 6.42. The summed E-state index contributed by atoms with van der Waals surface area (Å²) in [6.45, 7) is 0. The van der Waals surface area contributed by atoms with E-state index in [4.69, 9.17) is 27.6 Å². The van der Waals surface area contributed by atoms with E-state index in [-0.39, 0.29) is 11.7 Å². The lowest BCUT2D eigenvalue weighted by molar-refractivity contribution is 0.0913. The molecule has 1 N–H and O–H groups in total. The fourth-order valence-electron chi connectivity index (χ4n) is 2.25. The minimum Gasteiger partial charge on any atom is -0.459 e. The van der Waals surface area contributed by atoms with Crippen LogP contribution in [0.5, 0.6) is 0 Å². The first-order chi connectivity index (χ1) is 11.1. The Morgan fingerprint density at radius 1 is 1.30 bits per heavy atom. The van der Waals surface area contributed by atoms with Gasteiger partial charge < -0.3 is 14.3 Å². The molecule has 2 heterocycles. The van der Waals surface area contributed by atoms with Crippen LogP contribution in [0.25, 0.3) is 0 Å². The molecule has 1 unspecified atom stereocenters. The van der Waals surface area contributed by atoms with Crippen molar-refractivity contribution in [3.05, 3.63) is 76.2 Å². The van der Waals surface area contributed by atoms with Crippen LogP contribution in [0.4, 0.5) is 0 Å². The maximum Gasteiger partial charge on any atom is 0.287 e. The molecule has 3 aromatic rings. The Hall–Kier alpha value is -2.24. The fourth-order valence-corrected chi connectivity index (χ4v) is 2.56. The normalized spacial score (nSPS) is 12.1. The van der Waals surface area contributed by atoms with Gasteiger partial charge >= 0.3 is 0 Å². The van der Waals surface area contributed by atoms with E-state index in [1.165, 1.54) is 6.26 Å². The Morgan fingerprint density at radius 3 is 2.74 bits per heavy atom. The quantitative estimate of drug-likeness (QED) is 0.778. The molecular formula is C16H13Cl2N3O2. The third-order valence-electron chi connectivity index (χ3n) is 3.41. The number of aromatic nitrogens is 2. The summed E-state index contributed by atoms with van der Waals surface area (Å²) in [5.41, 5.74) is 0.772. The maximum atomic E-state index is 12.3. The largest absolute Gasteiger partial charge is 0.459 e. The van der Waals surface area contributed by atoms with Gasteiger partial charge in [-0.05, 0) is 29.8 Å². The number of carbonyl (C=O) groups excluding carboxylic acids is 1. The van der Waals surface area contributed by atoms with Crippen molar-refractivity contribution >= 4 is 29.1 Å². The van der Waals surface area contributed by atoms with E-state index in [0.29, 0.717) is 15.9 Å². The monoisotopic (exact) mass is 349 g/mol. The molecule has 1 atom stereocenters. The summed E-state index contributed by atoms with van der Waals surface area (Å²) in [4.78, 5) is 16.7. The lowest BCUT2D eigenvalue weighted by atomic mass is 10.1. The van der Waals surface area contributed by atoms with Gasteiger partial charge in [-0.3, -0.25) is 4.79 Å². The smallest absolute Gasteiger partial charge is 0.287 e. The van der Waals surface area contributed by atoms with Crippen LogP contribution in [0.3, 0.4) is 0 Å². The summed E-state index contributed by atoms with van der Waals surface area (Å²) in [7, 11) is 1.85. The summed E-state index contributed by atoms with van der Waals surface area (Å²) in [6.07, 6.45) is 4.92. The molecule has 7 heteroatoms. The van der Waals surface area contributed by atoms with Crippen LogP contribution in [-0.4, -0.2) is 15.5 Å². The molecule has 0 aliphatic rings. The second kappa shape index (κ2) is 6.48. The highest BCUT2D eigenvalue weighted by Crippen LogP contribution is 2.28. The van der Waals surface area contributed by atoms with E-state index < -0.39 is 6.04 Å². The maximum absolute atomic E-state index is 12.3. The number of benzene rings is 1. The number of halogens is 2.